The van der Waals surface area contributed by atoms with Gasteiger partial charge in [0.25, 0.3) is 0 Å². The Morgan fingerprint density at radius 1 is 0.867 bits per heavy atom. The first kappa shape index (κ1) is 21.2. The number of unbranched alkanes of at least 4 members (excludes halogenated alkanes) is 1. The van der Waals surface area contributed by atoms with Gasteiger partial charge in [0.2, 0.25) is 17.8 Å². The lowest BCUT2D eigenvalue weighted by Crippen LogP contribution is -2.48. The summed E-state index contributed by atoms with van der Waals surface area (Å²) in [5.41, 5.74) is 2.03. The standard InChI is InChI=1S/C23H35N5O2/c1-18-15-19(2)25-22(24-18)27-13-11-26(12-14-27)9-5-6-10-28-20(29)16-23(17-21(28)30)7-3-4-8-23/h15H,3-14,16-17H2,1-2H3. The average Bonchev–Trinajstić information content (AvgIpc) is 3.14. The zero-order valence-electron chi connectivity index (χ0n) is 18.5. The number of nitrogens with zero attached hydrogens (tertiary/aromatic N) is 5. The second-order valence-electron chi connectivity index (χ2n) is 9.49. The summed E-state index contributed by atoms with van der Waals surface area (Å²) in [6.07, 6.45) is 7.53. The Morgan fingerprint density at radius 2 is 1.43 bits per heavy atom. The van der Waals surface area contributed by atoms with Gasteiger partial charge in [0, 0.05) is 57.0 Å². The maximum atomic E-state index is 12.6. The fourth-order valence-corrected chi connectivity index (χ4v) is 5.39. The van der Waals surface area contributed by atoms with Crippen molar-refractivity contribution in [1.29, 1.82) is 0 Å². The number of hydrogen-bond donors (Lipinski definition) is 0. The first-order valence-electron chi connectivity index (χ1n) is 11.6. The van der Waals surface area contributed by atoms with Gasteiger partial charge in [-0.05, 0) is 57.6 Å². The number of piperidine rings is 1. The number of carbonyl (C=O) groups is 2. The van der Waals surface area contributed by atoms with E-state index >= 15 is 0 Å². The van der Waals surface area contributed by atoms with Gasteiger partial charge in [-0.1, -0.05) is 12.8 Å². The number of anilines is 1. The molecular weight excluding hydrogens is 378 g/mol. The number of rotatable bonds is 6. The zero-order valence-corrected chi connectivity index (χ0v) is 18.5. The Labute approximate surface area is 179 Å². The number of aryl methyl sites for hydroxylation is 2. The Balaban J connectivity index is 1.17. The molecule has 3 fully saturated rings. The van der Waals surface area contributed by atoms with Gasteiger partial charge in [0.1, 0.15) is 0 Å². The van der Waals surface area contributed by atoms with E-state index in [0.717, 1.165) is 75.7 Å². The van der Waals surface area contributed by atoms with Crippen LogP contribution >= 0.6 is 0 Å². The van der Waals surface area contributed by atoms with E-state index in [0.29, 0.717) is 19.4 Å². The summed E-state index contributed by atoms with van der Waals surface area (Å²) in [5, 5.41) is 0. The van der Waals surface area contributed by atoms with Crippen LogP contribution in [0.5, 0.6) is 0 Å². The maximum absolute atomic E-state index is 12.6. The molecule has 2 aliphatic heterocycles. The van der Waals surface area contributed by atoms with Crippen molar-refractivity contribution in [2.24, 2.45) is 5.41 Å². The van der Waals surface area contributed by atoms with Crippen LogP contribution < -0.4 is 4.90 Å². The lowest BCUT2D eigenvalue weighted by atomic mass is 9.76. The van der Waals surface area contributed by atoms with Crippen molar-refractivity contribution in [3.05, 3.63) is 17.5 Å². The van der Waals surface area contributed by atoms with Crippen molar-refractivity contribution >= 4 is 17.8 Å². The van der Waals surface area contributed by atoms with Crippen molar-refractivity contribution in [3.63, 3.8) is 0 Å². The molecule has 4 rings (SSSR count). The highest BCUT2D eigenvalue weighted by atomic mass is 16.2. The van der Waals surface area contributed by atoms with Gasteiger partial charge >= 0.3 is 0 Å². The molecule has 1 saturated carbocycles. The predicted octanol–water partition coefficient (Wildman–Crippen LogP) is 2.71. The molecule has 0 unspecified atom stereocenters. The highest BCUT2D eigenvalue weighted by Crippen LogP contribution is 2.46. The second kappa shape index (κ2) is 9.00. The molecule has 30 heavy (non-hydrogen) atoms. The number of carbonyl (C=O) groups excluding carboxylic acids is 2. The van der Waals surface area contributed by atoms with E-state index in [4.69, 9.17) is 0 Å². The smallest absolute Gasteiger partial charge is 0.229 e. The van der Waals surface area contributed by atoms with Crippen molar-refractivity contribution in [2.75, 3.05) is 44.2 Å². The van der Waals surface area contributed by atoms with Crippen LogP contribution in [0.1, 0.15) is 62.8 Å². The van der Waals surface area contributed by atoms with Crippen LogP contribution in [0.15, 0.2) is 6.07 Å². The molecule has 0 N–H and O–H groups in total. The molecule has 2 saturated heterocycles. The molecule has 0 atom stereocenters. The molecule has 2 amide bonds. The number of aromatic nitrogens is 2. The lowest BCUT2D eigenvalue weighted by molar-refractivity contribution is -0.153. The summed E-state index contributed by atoms with van der Waals surface area (Å²) in [6.45, 7) is 9.51. The third kappa shape index (κ3) is 4.82. The highest BCUT2D eigenvalue weighted by Gasteiger charge is 2.44. The Kier molecular flexibility index (Phi) is 6.37. The largest absolute Gasteiger partial charge is 0.338 e. The van der Waals surface area contributed by atoms with E-state index in [1.54, 1.807) is 4.90 Å². The van der Waals surface area contributed by atoms with E-state index < -0.39 is 0 Å². The maximum Gasteiger partial charge on any atom is 0.229 e. The lowest BCUT2D eigenvalue weighted by Gasteiger charge is -2.37. The van der Waals surface area contributed by atoms with Crippen molar-refractivity contribution < 1.29 is 9.59 Å². The molecule has 7 heteroatoms. The molecule has 0 bridgehead atoms. The summed E-state index contributed by atoms with van der Waals surface area (Å²) in [5.74, 6) is 0.972. The topological polar surface area (TPSA) is 69.6 Å². The minimum atomic E-state index is 0.00386. The van der Waals surface area contributed by atoms with E-state index in [1.165, 1.54) is 12.8 Å². The second-order valence-corrected chi connectivity index (χ2v) is 9.49. The van der Waals surface area contributed by atoms with Gasteiger partial charge in [-0.15, -0.1) is 0 Å². The Hall–Kier alpha value is -2.02. The van der Waals surface area contributed by atoms with Gasteiger partial charge < -0.3 is 4.90 Å². The monoisotopic (exact) mass is 413 g/mol. The number of amides is 2. The first-order chi connectivity index (χ1) is 14.4. The zero-order chi connectivity index (χ0) is 21.1. The van der Waals surface area contributed by atoms with E-state index in [1.807, 2.05) is 19.9 Å². The van der Waals surface area contributed by atoms with E-state index in [2.05, 4.69) is 19.8 Å². The third-order valence-electron chi connectivity index (χ3n) is 7.05. The van der Waals surface area contributed by atoms with Crippen LogP contribution in [0.2, 0.25) is 0 Å². The third-order valence-corrected chi connectivity index (χ3v) is 7.05. The van der Waals surface area contributed by atoms with Crippen molar-refractivity contribution in [2.45, 2.75) is 65.2 Å². The molecule has 1 aliphatic carbocycles. The molecule has 3 aliphatic rings. The first-order valence-corrected chi connectivity index (χ1v) is 11.6. The summed E-state index contributed by atoms with van der Waals surface area (Å²) in [4.78, 5) is 40.5. The van der Waals surface area contributed by atoms with Gasteiger partial charge in [0.15, 0.2) is 0 Å². The van der Waals surface area contributed by atoms with Crippen LogP contribution in [0.25, 0.3) is 0 Å². The van der Waals surface area contributed by atoms with E-state index in [9.17, 15) is 9.59 Å². The molecule has 1 aromatic rings. The van der Waals surface area contributed by atoms with E-state index in [-0.39, 0.29) is 17.2 Å². The van der Waals surface area contributed by atoms with Crippen molar-refractivity contribution in [3.8, 4) is 0 Å². The number of piperazine rings is 1. The van der Waals surface area contributed by atoms with Crippen LogP contribution in [-0.4, -0.2) is 70.9 Å². The van der Waals surface area contributed by atoms with Crippen LogP contribution in [-0.2, 0) is 9.59 Å². The predicted molar refractivity (Wildman–Crippen MR) is 116 cm³/mol. The molecule has 3 heterocycles. The minimum Gasteiger partial charge on any atom is -0.338 e. The fraction of sp³-hybridized carbons (Fsp3) is 0.739. The van der Waals surface area contributed by atoms with Crippen LogP contribution in [0.3, 0.4) is 0 Å². The van der Waals surface area contributed by atoms with Crippen molar-refractivity contribution in [1.82, 2.24) is 19.8 Å². The molecule has 1 aromatic heterocycles. The SMILES string of the molecule is Cc1cc(C)nc(N2CCN(CCCCN3C(=O)CC4(CCCC4)CC3=O)CC2)n1. The van der Waals surface area contributed by atoms with Gasteiger partial charge in [-0.2, -0.15) is 0 Å². The molecule has 7 nitrogen and oxygen atoms in total. The quantitative estimate of drug-likeness (QED) is 0.528. The molecule has 0 aromatic carbocycles. The summed E-state index contributed by atoms with van der Waals surface area (Å²) >= 11 is 0. The summed E-state index contributed by atoms with van der Waals surface area (Å²) in [7, 11) is 0. The summed E-state index contributed by atoms with van der Waals surface area (Å²) < 4.78 is 0. The summed E-state index contributed by atoms with van der Waals surface area (Å²) in [6, 6.07) is 2.01. The number of hydrogen-bond acceptors (Lipinski definition) is 6. The fourth-order valence-electron chi connectivity index (χ4n) is 5.39. The van der Waals surface area contributed by atoms with Gasteiger partial charge in [0.05, 0.1) is 0 Å². The normalized spacial score (nSPS) is 22.3. The van der Waals surface area contributed by atoms with Crippen LogP contribution in [0, 0.1) is 19.3 Å². The van der Waals surface area contributed by atoms with Crippen LogP contribution in [0.4, 0.5) is 5.95 Å². The number of likely N-dealkylation sites (tertiary alicyclic amines) is 1. The molecule has 0 radical (unpaired) electrons. The Morgan fingerprint density at radius 3 is 2.03 bits per heavy atom. The van der Waals surface area contributed by atoms with Gasteiger partial charge in [-0.3, -0.25) is 19.4 Å². The molecule has 164 valence electrons. The van der Waals surface area contributed by atoms with Gasteiger partial charge in [-0.25, -0.2) is 9.97 Å². The average molecular weight is 414 g/mol. The number of imide groups is 1. The minimum absolute atomic E-state index is 0.00386. The highest BCUT2D eigenvalue weighted by molar-refractivity contribution is 5.98. The molecular formula is C23H35N5O2. The molecule has 1 spiro atoms. The Bertz CT molecular complexity index is 742.